The van der Waals surface area contributed by atoms with Crippen molar-refractivity contribution in [2.75, 3.05) is 0 Å². The molecule has 80 valence electrons. The van der Waals surface area contributed by atoms with Gasteiger partial charge in [-0.1, -0.05) is 11.6 Å². The van der Waals surface area contributed by atoms with E-state index in [9.17, 15) is 4.79 Å². The summed E-state index contributed by atoms with van der Waals surface area (Å²) in [5.41, 5.74) is 1.76. The molecule has 1 aliphatic carbocycles. The van der Waals surface area contributed by atoms with E-state index in [0.29, 0.717) is 11.7 Å². The molecular weight excluding hydrogens is 188 g/mol. The highest BCUT2D eigenvalue weighted by Crippen LogP contribution is 2.26. The van der Waals surface area contributed by atoms with Gasteiger partial charge in [0.05, 0.1) is 11.7 Å². The molecule has 1 aliphatic rings. The van der Waals surface area contributed by atoms with Crippen LogP contribution >= 0.6 is 0 Å². The zero-order valence-corrected chi connectivity index (χ0v) is 9.03. The third-order valence-corrected chi connectivity index (χ3v) is 2.89. The molecule has 0 radical (unpaired) electrons. The van der Waals surface area contributed by atoms with Crippen molar-refractivity contribution in [3.63, 3.8) is 0 Å². The minimum atomic E-state index is 0.311. The summed E-state index contributed by atoms with van der Waals surface area (Å²) in [4.78, 5) is 10.9. The maximum absolute atomic E-state index is 10.9. The first-order valence-electron chi connectivity index (χ1n) is 5.52. The van der Waals surface area contributed by atoms with E-state index in [4.69, 9.17) is 4.74 Å². The second kappa shape index (κ2) is 4.47. The monoisotopic (exact) mass is 204 g/mol. The van der Waals surface area contributed by atoms with Crippen molar-refractivity contribution in [2.24, 2.45) is 0 Å². The molecule has 0 heterocycles. The molecule has 0 bridgehead atoms. The summed E-state index contributed by atoms with van der Waals surface area (Å²) in [6.07, 6.45) is 5.90. The minimum Gasteiger partial charge on any atom is -0.490 e. The highest BCUT2D eigenvalue weighted by atomic mass is 16.5. The quantitative estimate of drug-likeness (QED) is 0.707. The molecule has 0 N–H and O–H groups in total. The summed E-state index contributed by atoms with van der Waals surface area (Å²) in [6.45, 7) is 1.98. The fraction of sp³-hybridized carbons (Fsp3) is 0.462. The second-order valence-corrected chi connectivity index (χ2v) is 4.18. The van der Waals surface area contributed by atoms with Crippen LogP contribution in [-0.2, 0) is 0 Å². The number of ether oxygens (including phenoxy) is 1. The Morgan fingerprint density at radius 2 is 2.07 bits per heavy atom. The average Bonchev–Trinajstić information content (AvgIpc) is 2.73. The van der Waals surface area contributed by atoms with Gasteiger partial charge in [0.2, 0.25) is 0 Å². The lowest BCUT2D eigenvalue weighted by molar-refractivity contribution is 0.111. The Morgan fingerprint density at radius 1 is 1.33 bits per heavy atom. The number of rotatable bonds is 3. The van der Waals surface area contributed by atoms with Gasteiger partial charge in [0.15, 0.2) is 6.29 Å². The standard InChI is InChI=1S/C13H16O2/c1-10-6-7-13(11(8-10)9-14)15-12-4-2-3-5-12/h6-9,12H,2-5H2,1H3. The smallest absolute Gasteiger partial charge is 0.153 e. The van der Waals surface area contributed by atoms with E-state index in [1.807, 2.05) is 25.1 Å². The summed E-state index contributed by atoms with van der Waals surface area (Å²) < 4.78 is 5.82. The number of carbonyl (C=O) groups is 1. The lowest BCUT2D eigenvalue weighted by Crippen LogP contribution is -2.12. The first-order valence-corrected chi connectivity index (χ1v) is 5.52. The van der Waals surface area contributed by atoms with Crippen molar-refractivity contribution in [3.8, 4) is 5.75 Å². The Bertz CT molecular complexity index is 352. The molecule has 2 rings (SSSR count). The van der Waals surface area contributed by atoms with Gasteiger partial charge in [-0.3, -0.25) is 4.79 Å². The molecule has 0 aromatic heterocycles. The Morgan fingerprint density at radius 3 is 2.73 bits per heavy atom. The van der Waals surface area contributed by atoms with E-state index in [1.165, 1.54) is 12.8 Å². The van der Waals surface area contributed by atoms with Gasteiger partial charge in [0.1, 0.15) is 5.75 Å². The van der Waals surface area contributed by atoms with Gasteiger partial charge in [-0.2, -0.15) is 0 Å². The molecule has 1 fully saturated rings. The zero-order valence-electron chi connectivity index (χ0n) is 9.03. The number of hydrogen-bond donors (Lipinski definition) is 0. The van der Waals surface area contributed by atoms with Crippen LogP contribution in [-0.4, -0.2) is 12.4 Å². The minimum absolute atomic E-state index is 0.311. The van der Waals surface area contributed by atoms with Crippen LogP contribution in [0.5, 0.6) is 5.75 Å². The summed E-state index contributed by atoms with van der Waals surface area (Å²) in [5.74, 6) is 0.738. The van der Waals surface area contributed by atoms with Gasteiger partial charge < -0.3 is 4.74 Å². The number of benzene rings is 1. The lowest BCUT2D eigenvalue weighted by Gasteiger charge is -2.14. The van der Waals surface area contributed by atoms with Crippen LogP contribution in [0.15, 0.2) is 18.2 Å². The van der Waals surface area contributed by atoms with E-state index >= 15 is 0 Å². The van der Waals surface area contributed by atoms with Gasteiger partial charge in [0.25, 0.3) is 0 Å². The third-order valence-electron chi connectivity index (χ3n) is 2.89. The van der Waals surface area contributed by atoms with Crippen molar-refractivity contribution >= 4 is 6.29 Å². The molecular formula is C13H16O2. The predicted molar refractivity (Wildman–Crippen MR) is 59.5 cm³/mol. The van der Waals surface area contributed by atoms with Gasteiger partial charge in [-0.25, -0.2) is 0 Å². The predicted octanol–water partition coefficient (Wildman–Crippen LogP) is 3.13. The van der Waals surface area contributed by atoms with Crippen LogP contribution in [0.1, 0.15) is 41.6 Å². The fourth-order valence-electron chi connectivity index (χ4n) is 2.05. The zero-order chi connectivity index (χ0) is 10.7. The highest BCUT2D eigenvalue weighted by Gasteiger charge is 2.17. The summed E-state index contributed by atoms with van der Waals surface area (Å²) in [6, 6.07) is 5.76. The summed E-state index contributed by atoms with van der Waals surface area (Å²) in [7, 11) is 0. The molecule has 0 spiro atoms. The first kappa shape index (κ1) is 10.2. The lowest BCUT2D eigenvalue weighted by atomic mass is 10.1. The van der Waals surface area contributed by atoms with E-state index in [0.717, 1.165) is 30.4 Å². The maximum Gasteiger partial charge on any atom is 0.153 e. The molecule has 0 saturated heterocycles. The second-order valence-electron chi connectivity index (χ2n) is 4.18. The van der Waals surface area contributed by atoms with Crippen LogP contribution in [0.3, 0.4) is 0 Å². The molecule has 2 heteroatoms. The molecule has 0 unspecified atom stereocenters. The van der Waals surface area contributed by atoms with Gasteiger partial charge >= 0.3 is 0 Å². The Balaban J connectivity index is 2.15. The van der Waals surface area contributed by atoms with Crippen molar-refractivity contribution in [1.82, 2.24) is 0 Å². The Kier molecular flexibility index (Phi) is 3.05. The molecule has 1 aromatic rings. The first-order chi connectivity index (χ1) is 7.29. The van der Waals surface area contributed by atoms with Crippen LogP contribution < -0.4 is 4.74 Å². The van der Waals surface area contributed by atoms with Gasteiger partial charge in [-0.05, 0) is 44.7 Å². The topological polar surface area (TPSA) is 26.3 Å². The Labute approximate surface area is 90.3 Å². The van der Waals surface area contributed by atoms with Crippen molar-refractivity contribution in [2.45, 2.75) is 38.7 Å². The van der Waals surface area contributed by atoms with Gasteiger partial charge in [0, 0.05) is 0 Å². The molecule has 1 aromatic carbocycles. The van der Waals surface area contributed by atoms with E-state index in [2.05, 4.69) is 0 Å². The SMILES string of the molecule is Cc1ccc(OC2CCCC2)c(C=O)c1. The number of hydrogen-bond acceptors (Lipinski definition) is 2. The van der Waals surface area contributed by atoms with Crippen molar-refractivity contribution in [3.05, 3.63) is 29.3 Å². The molecule has 15 heavy (non-hydrogen) atoms. The summed E-state index contributed by atoms with van der Waals surface area (Å²) >= 11 is 0. The van der Waals surface area contributed by atoms with Crippen LogP contribution in [0.25, 0.3) is 0 Å². The molecule has 0 amide bonds. The maximum atomic E-state index is 10.9. The largest absolute Gasteiger partial charge is 0.490 e. The van der Waals surface area contributed by atoms with Crippen molar-refractivity contribution in [1.29, 1.82) is 0 Å². The highest BCUT2D eigenvalue weighted by molar-refractivity contribution is 5.79. The molecule has 1 saturated carbocycles. The van der Waals surface area contributed by atoms with E-state index in [-0.39, 0.29) is 0 Å². The number of carbonyl (C=O) groups excluding carboxylic acids is 1. The normalized spacial score (nSPS) is 16.6. The van der Waals surface area contributed by atoms with E-state index < -0.39 is 0 Å². The Hall–Kier alpha value is -1.31. The number of aldehydes is 1. The third kappa shape index (κ3) is 2.38. The van der Waals surface area contributed by atoms with E-state index in [1.54, 1.807) is 0 Å². The summed E-state index contributed by atoms with van der Waals surface area (Å²) in [5, 5.41) is 0. The van der Waals surface area contributed by atoms with Crippen LogP contribution in [0.2, 0.25) is 0 Å². The average molecular weight is 204 g/mol. The molecule has 2 nitrogen and oxygen atoms in total. The fourth-order valence-corrected chi connectivity index (χ4v) is 2.05. The van der Waals surface area contributed by atoms with Gasteiger partial charge in [-0.15, -0.1) is 0 Å². The van der Waals surface area contributed by atoms with Crippen LogP contribution in [0, 0.1) is 6.92 Å². The van der Waals surface area contributed by atoms with Crippen molar-refractivity contribution < 1.29 is 9.53 Å². The number of aryl methyl sites for hydroxylation is 1. The van der Waals surface area contributed by atoms with Crippen LogP contribution in [0.4, 0.5) is 0 Å². The molecule has 0 aliphatic heterocycles. The molecule has 0 atom stereocenters.